The van der Waals surface area contributed by atoms with Gasteiger partial charge in [-0.3, -0.25) is 4.79 Å². The minimum atomic E-state index is -0.317. The van der Waals surface area contributed by atoms with Crippen LogP contribution in [0, 0.1) is 12.7 Å². The van der Waals surface area contributed by atoms with E-state index in [1.165, 1.54) is 41.6 Å². The van der Waals surface area contributed by atoms with Crippen molar-refractivity contribution in [1.82, 2.24) is 24.7 Å². The summed E-state index contributed by atoms with van der Waals surface area (Å²) in [6.45, 7) is 1.87. The summed E-state index contributed by atoms with van der Waals surface area (Å²) in [6.07, 6.45) is 3.07. The second kappa shape index (κ2) is 7.41. The molecule has 1 N–H and O–H groups in total. The first-order valence-corrected chi connectivity index (χ1v) is 9.76. The molecule has 4 rings (SSSR count). The molecular formula is C17H13FN6OS2. The number of nitrogens with zero attached hydrogens (tertiary/aromatic N) is 5. The van der Waals surface area contributed by atoms with Gasteiger partial charge in [0, 0.05) is 5.38 Å². The van der Waals surface area contributed by atoms with Gasteiger partial charge in [0.25, 0.3) is 0 Å². The number of nitrogens with one attached hydrogen (secondary N) is 1. The minimum Gasteiger partial charge on any atom is -0.301 e. The summed E-state index contributed by atoms with van der Waals surface area (Å²) >= 11 is 2.68. The molecule has 0 aliphatic rings. The van der Waals surface area contributed by atoms with Crippen molar-refractivity contribution in [3.8, 4) is 5.69 Å². The Kier molecular flexibility index (Phi) is 4.82. The van der Waals surface area contributed by atoms with Crippen LogP contribution in [0.4, 0.5) is 9.52 Å². The average molecular weight is 400 g/mol. The number of carbonyl (C=O) groups excluding carboxylic acids is 1. The lowest BCUT2D eigenvalue weighted by molar-refractivity contribution is -0.113. The molecule has 0 saturated heterocycles. The lowest BCUT2D eigenvalue weighted by Gasteiger charge is -2.04. The predicted molar refractivity (Wildman–Crippen MR) is 103 cm³/mol. The molecule has 0 bridgehead atoms. The van der Waals surface area contributed by atoms with Crippen LogP contribution in [0.5, 0.6) is 0 Å². The molecule has 0 aliphatic carbocycles. The van der Waals surface area contributed by atoms with Gasteiger partial charge >= 0.3 is 0 Å². The Labute approximate surface area is 161 Å². The molecule has 7 nitrogen and oxygen atoms in total. The third-order valence-corrected chi connectivity index (χ3v) is 5.49. The van der Waals surface area contributed by atoms with Crippen LogP contribution >= 0.6 is 23.1 Å². The van der Waals surface area contributed by atoms with Crippen molar-refractivity contribution in [1.29, 1.82) is 0 Å². The van der Waals surface area contributed by atoms with Gasteiger partial charge in [-0.25, -0.2) is 24.0 Å². The quantitative estimate of drug-likeness (QED) is 0.408. The van der Waals surface area contributed by atoms with Crippen LogP contribution in [0.2, 0.25) is 0 Å². The second-order valence-corrected chi connectivity index (χ2v) is 7.40. The maximum Gasteiger partial charge on any atom is 0.236 e. The highest BCUT2D eigenvalue weighted by atomic mass is 32.2. The van der Waals surface area contributed by atoms with Gasteiger partial charge in [0.1, 0.15) is 17.2 Å². The number of hydrogen-bond acceptors (Lipinski definition) is 7. The maximum atomic E-state index is 13.1. The molecule has 0 spiro atoms. The van der Waals surface area contributed by atoms with E-state index in [-0.39, 0.29) is 17.5 Å². The van der Waals surface area contributed by atoms with Crippen LogP contribution in [-0.4, -0.2) is 36.4 Å². The van der Waals surface area contributed by atoms with Crippen LogP contribution in [0.3, 0.4) is 0 Å². The maximum absolute atomic E-state index is 13.1. The van der Waals surface area contributed by atoms with E-state index < -0.39 is 0 Å². The number of hydrogen-bond donors (Lipinski definition) is 1. The highest BCUT2D eigenvalue weighted by Gasteiger charge is 2.13. The SMILES string of the molecule is Cc1csc(NC(=O)CSc2ncnc3c2cnn3-c2ccc(F)cc2)n1. The van der Waals surface area contributed by atoms with Crippen molar-refractivity contribution in [2.45, 2.75) is 11.9 Å². The summed E-state index contributed by atoms with van der Waals surface area (Å²) in [4.78, 5) is 24.9. The molecule has 1 aromatic carbocycles. The number of benzene rings is 1. The monoisotopic (exact) mass is 400 g/mol. The van der Waals surface area contributed by atoms with Crippen molar-refractivity contribution in [2.75, 3.05) is 11.1 Å². The van der Waals surface area contributed by atoms with E-state index in [0.29, 0.717) is 21.5 Å². The Morgan fingerprint density at radius 3 is 2.85 bits per heavy atom. The van der Waals surface area contributed by atoms with Crippen molar-refractivity contribution in [2.24, 2.45) is 0 Å². The lowest BCUT2D eigenvalue weighted by atomic mass is 10.3. The molecule has 0 saturated carbocycles. The van der Waals surface area contributed by atoms with Gasteiger partial charge in [0.2, 0.25) is 5.91 Å². The first-order chi connectivity index (χ1) is 13.1. The zero-order chi connectivity index (χ0) is 18.8. The number of halogens is 1. The predicted octanol–water partition coefficient (Wildman–Crippen LogP) is 3.45. The summed E-state index contributed by atoms with van der Waals surface area (Å²) in [5.41, 5.74) is 2.15. The Balaban J connectivity index is 1.52. The van der Waals surface area contributed by atoms with Gasteiger partial charge in [-0.05, 0) is 31.2 Å². The standard InChI is InChI=1S/C17H13FN6OS2/c1-10-7-27-17(22-10)23-14(25)8-26-16-13-6-21-24(15(13)19-9-20-16)12-4-2-11(18)3-5-12/h2-7,9H,8H2,1H3,(H,22,23,25). The highest BCUT2D eigenvalue weighted by molar-refractivity contribution is 8.00. The third kappa shape index (κ3) is 3.81. The molecule has 136 valence electrons. The van der Waals surface area contributed by atoms with E-state index in [0.717, 1.165) is 11.1 Å². The number of rotatable bonds is 5. The number of fused-ring (bicyclic) bond motifs is 1. The first-order valence-electron chi connectivity index (χ1n) is 7.89. The molecular weight excluding hydrogens is 387 g/mol. The number of aryl methyl sites for hydroxylation is 1. The van der Waals surface area contributed by atoms with Crippen molar-refractivity contribution < 1.29 is 9.18 Å². The van der Waals surface area contributed by atoms with E-state index in [4.69, 9.17) is 0 Å². The molecule has 0 unspecified atom stereocenters. The highest BCUT2D eigenvalue weighted by Crippen LogP contribution is 2.26. The van der Waals surface area contributed by atoms with Gasteiger partial charge in [-0.15, -0.1) is 11.3 Å². The summed E-state index contributed by atoms with van der Waals surface area (Å²) in [5.74, 6) is -0.290. The first kappa shape index (κ1) is 17.6. The fraction of sp³-hybridized carbons (Fsp3) is 0.118. The largest absolute Gasteiger partial charge is 0.301 e. The molecule has 4 aromatic rings. The Morgan fingerprint density at radius 1 is 1.30 bits per heavy atom. The minimum absolute atomic E-state index is 0.160. The number of amides is 1. The lowest BCUT2D eigenvalue weighted by Crippen LogP contribution is -2.14. The number of thiazole rings is 1. The van der Waals surface area contributed by atoms with E-state index in [2.05, 4.69) is 25.4 Å². The van der Waals surface area contributed by atoms with Crippen molar-refractivity contribution >= 4 is 45.2 Å². The van der Waals surface area contributed by atoms with E-state index in [9.17, 15) is 9.18 Å². The van der Waals surface area contributed by atoms with Gasteiger partial charge < -0.3 is 5.32 Å². The molecule has 0 radical (unpaired) electrons. The van der Waals surface area contributed by atoms with Crippen molar-refractivity contribution in [3.05, 3.63) is 53.7 Å². The molecule has 0 aliphatic heterocycles. The van der Waals surface area contributed by atoms with Gasteiger partial charge in [0.15, 0.2) is 10.8 Å². The van der Waals surface area contributed by atoms with Crippen molar-refractivity contribution in [3.63, 3.8) is 0 Å². The van der Waals surface area contributed by atoms with Gasteiger partial charge in [0.05, 0.1) is 28.7 Å². The summed E-state index contributed by atoms with van der Waals surface area (Å²) in [5, 5.41) is 10.9. The smallest absolute Gasteiger partial charge is 0.236 e. The average Bonchev–Trinajstić information content (AvgIpc) is 3.27. The second-order valence-electron chi connectivity index (χ2n) is 5.58. The molecule has 0 atom stereocenters. The van der Waals surface area contributed by atoms with Crippen LogP contribution < -0.4 is 5.32 Å². The number of anilines is 1. The number of aromatic nitrogens is 5. The fourth-order valence-corrected chi connectivity index (χ4v) is 3.88. The topological polar surface area (TPSA) is 85.6 Å². The Hall–Kier alpha value is -2.85. The third-order valence-electron chi connectivity index (χ3n) is 3.61. The van der Waals surface area contributed by atoms with Crippen LogP contribution in [0.25, 0.3) is 16.7 Å². The fourth-order valence-electron chi connectivity index (χ4n) is 2.41. The molecule has 1 amide bonds. The Morgan fingerprint density at radius 2 is 2.11 bits per heavy atom. The van der Waals surface area contributed by atoms with E-state index in [1.54, 1.807) is 23.0 Å². The summed E-state index contributed by atoms with van der Waals surface area (Å²) in [7, 11) is 0. The number of carbonyl (C=O) groups is 1. The van der Waals surface area contributed by atoms with Crippen LogP contribution in [0.1, 0.15) is 5.69 Å². The normalized spacial score (nSPS) is 11.0. The summed E-state index contributed by atoms with van der Waals surface area (Å²) < 4.78 is 14.7. The molecule has 27 heavy (non-hydrogen) atoms. The molecule has 10 heteroatoms. The Bertz CT molecular complexity index is 1110. The zero-order valence-corrected chi connectivity index (χ0v) is 15.7. The summed E-state index contributed by atoms with van der Waals surface area (Å²) in [6, 6.07) is 5.98. The molecule has 3 aromatic heterocycles. The number of thioether (sulfide) groups is 1. The van der Waals surface area contributed by atoms with Crippen LogP contribution in [0.15, 0.2) is 47.2 Å². The van der Waals surface area contributed by atoms with Gasteiger partial charge in [-0.1, -0.05) is 11.8 Å². The van der Waals surface area contributed by atoms with Gasteiger partial charge in [-0.2, -0.15) is 5.10 Å². The van der Waals surface area contributed by atoms with E-state index in [1.807, 2.05) is 12.3 Å². The van der Waals surface area contributed by atoms with Crippen LogP contribution in [-0.2, 0) is 4.79 Å². The molecule has 3 heterocycles. The van der Waals surface area contributed by atoms with E-state index >= 15 is 0 Å². The molecule has 0 fully saturated rings. The zero-order valence-electron chi connectivity index (χ0n) is 14.1.